The van der Waals surface area contributed by atoms with E-state index in [0.717, 1.165) is 5.56 Å². The zero-order valence-corrected chi connectivity index (χ0v) is 16.3. The first-order chi connectivity index (χ1) is 13.9. The average molecular weight is 408 g/mol. The maximum atomic E-state index is 13.1. The number of rotatable bonds is 4. The maximum absolute atomic E-state index is 13.1. The summed E-state index contributed by atoms with van der Waals surface area (Å²) in [5.74, 6) is -0.333. The lowest BCUT2D eigenvalue weighted by Gasteiger charge is -2.12. The predicted molar refractivity (Wildman–Crippen MR) is 107 cm³/mol. The number of pyridine rings is 2. The van der Waals surface area contributed by atoms with Crippen molar-refractivity contribution in [1.82, 2.24) is 9.97 Å². The van der Waals surface area contributed by atoms with E-state index in [4.69, 9.17) is 0 Å². The summed E-state index contributed by atoms with van der Waals surface area (Å²) in [7, 11) is -3.87. The molecule has 2 aromatic carbocycles. The number of aliphatic hydroxyl groups excluding tert-OH is 1. The third kappa shape index (κ3) is 3.62. The smallest absolute Gasteiger partial charge is 0.208 e. The van der Waals surface area contributed by atoms with Crippen molar-refractivity contribution in [3.8, 4) is 11.3 Å². The van der Waals surface area contributed by atoms with E-state index in [-0.39, 0.29) is 15.6 Å². The maximum Gasteiger partial charge on any atom is 0.208 e. The lowest BCUT2D eigenvalue weighted by Crippen LogP contribution is -2.08. The van der Waals surface area contributed by atoms with Crippen LogP contribution >= 0.6 is 0 Å². The molecule has 1 atom stereocenters. The normalized spacial score (nSPS) is 12.8. The van der Waals surface area contributed by atoms with Crippen molar-refractivity contribution in [1.29, 1.82) is 0 Å². The van der Waals surface area contributed by atoms with Gasteiger partial charge >= 0.3 is 0 Å². The fourth-order valence-corrected chi connectivity index (χ4v) is 4.65. The Bertz CT molecular complexity index is 1300. The predicted octanol–water partition coefficient (Wildman–Crippen LogP) is 4.32. The topological polar surface area (TPSA) is 80.1 Å². The van der Waals surface area contributed by atoms with E-state index >= 15 is 0 Å². The number of hydrogen-bond donors (Lipinski definition) is 1. The van der Waals surface area contributed by atoms with Gasteiger partial charge in [0.05, 0.1) is 21.6 Å². The van der Waals surface area contributed by atoms with Gasteiger partial charge in [-0.05, 0) is 61.0 Å². The second kappa shape index (κ2) is 7.35. The number of hydrogen-bond acceptors (Lipinski definition) is 5. The third-order valence-electron chi connectivity index (χ3n) is 4.63. The molecule has 0 aliphatic rings. The Morgan fingerprint density at radius 3 is 2.45 bits per heavy atom. The minimum absolute atomic E-state index is 0.0226. The Morgan fingerprint density at radius 2 is 1.72 bits per heavy atom. The molecule has 0 radical (unpaired) electrons. The highest BCUT2D eigenvalue weighted by Gasteiger charge is 2.23. The Labute approximate surface area is 167 Å². The van der Waals surface area contributed by atoms with E-state index in [1.54, 1.807) is 42.5 Å². The van der Waals surface area contributed by atoms with Crippen molar-refractivity contribution < 1.29 is 17.9 Å². The molecule has 5 nitrogen and oxygen atoms in total. The number of sulfone groups is 1. The van der Waals surface area contributed by atoms with Gasteiger partial charge in [-0.2, -0.15) is 0 Å². The largest absolute Gasteiger partial charge is 0.389 e. The van der Waals surface area contributed by atoms with Gasteiger partial charge in [0.15, 0.2) is 5.65 Å². The van der Waals surface area contributed by atoms with Crippen LogP contribution in [0.2, 0.25) is 0 Å². The quantitative estimate of drug-likeness (QED) is 0.544. The summed E-state index contributed by atoms with van der Waals surface area (Å²) >= 11 is 0. The zero-order chi connectivity index (χ0) is 20.6. The number of fused-ring (bicyclic) bond motifs is 1. The molecule has 4 rings (SSSR count). The summed E-state index contributed by atoms with van der Waals surface area (Å²) in [6.07, 6.45) is 0.340. The molecule has 0 spiro atoms. The summed E-state index contributed by atoms with van der Waals surface area (Å²) in [6.45, 7) is 1.52. The summed E-state index contributed by atoms with van der Waals surface area (Å²) in [5.41, 5.74) is 2.06. The monoisotopic (exact) mass is 408 g/mol. The second-order valence-corrected chi connectivity index (χ2v) is 8.56. The van der Waals surface area contributed by atoms with E-state index < -0.39 is 15.9 Å². The van der Waals surface area contributed by atoms with Gasteiger partial charge in [0.1, 0.15) is 5.82 Å². The van der Waals surface area contributed by atoms with Crippen molar-refractivity contribution in [2.24, 2.45) is 0 Å². The molecule has 1 N–H and O–H groups in total. The molecule has 146 valence electrons. The van der Waals surface area contributed by atoms with E-state index in [1.807, 2.05) is 0 Å². The van der Waals surface area contributed by atoms with Gasteiger partial charge in [-0.1, -0.05) is 18.2 Å². The minimum atomic E-state index is -3.87. The van der Waals surface area contributed by atoms with Crippen LogP contribution in [0.1, 0.15) is 18.6 Å². The molecule has 0 amide bonds. The van der Waals surface area contributed by atoms with Crippen LogP contribution in [0.4, 0.5) is 4.39 Å². The number of aliphatic hydroxyl groups is 1. The number of nitrogens with zero attached hydrogens (tertiary/aromatic N) is 2. The molecule has 2 heterocycles. The van der Waals surface area contributed by atoms with Gasteiger partial charge in [0.25, 0.3) is 0 Å². The van der Waals surface area contributed by atoms with Crippen molar-refractivity contribution in [2.75, 3.05) is 0 Å². The molecule has 0 fully saturated rings. The van der Waals surface area contributed by atoms with Crippen molar-refractivity contribution >= 4 is 20.9 Å². The summed E-state index contributed by atoms with van der Waals surface area (Å²) in [6, 6.07) is 17.3. The summed E-state index contributed by atoms with van der Waals surface area (Å²) in [5, 5.41) is 10.5. The molecule has 0 aliphatic carbocycles. The molecule has 0 aliphatic heterocycles. The fraction of sp³-hybridized carbons (Fsp3) is 0.0909. The average Bonchev–Trinajstić information content (AvgIpc) is 2.73. The van der Waals surface area contributed by atoms with Crippen LogP contribution in [0.25, 0.3) is 22.3 Å². The van der Waals surface area contributed by atoms with Gasteiger partial charge in [-0.3, -0.25) is 0 Å². The first-order valence-electron chi connectivity index (χ1n) is 8.91. The van der Waals surface area contributed by atoms with E-state index in [2.05, 4.69) is 9.97 Å². The molecule has 0 bridgehead atoms. The van der Waals surface area contributed by atoms with Crippen LogP contribution in [0, 0.1) is 5.82 Å². The molecular weight excluding hydrogens is 391 g/mol. The van der Waals surface area contributed by atoms with Crippen molar-refractivity contribution in [2.45, 2.75) is 22.8 Å². The van der Waals surface area contributed by atoms with Crippen LogP contribution in [0.5, 0.6) is 0 Å². The SMILES string of the molecule is C[C@H](O)c1ccccc1S(=O)(=O)c1cnc2nc(-c3ccc(F)cc3)ccc2c1. The number of aromatic nitrogens is 2. The highest BCUT2D eigenvalue weighted by Crippen LogP contribution is 2.29. The van der Waals surface area contributed by atoms with E-state index in [1.165, 1.54) is 37.4 Å². The Kier molecular flexibility index (Phi) is 4.86. The molecule has 0 unspecified atom stereocenters. The van der Waals surface area contributed by atoms with Crippen molar-refractivity contribution in [3.05, 3.63) is 84.3 Å². The highest BCUT2D eigenvalue weighted by atomic mass is 32.2. The number of halogens is 1. The highest BCUT2D eigenvalue weighted by molar-refractivity contribution is 7.91. The summed E-state index contributed by atoms with van der Waals surface area (Å²) < 4.78 is 39.4. The Balaban J connectivity index is 1.78. The van der Waals surface area contributed by atoms with Crippen LogP contribution < -0.4 is 0 Å². The van der Waals surface area contributed by atoms with Crippen molar-refractivity contribution in [3.63, 3.8) is 0 Å². The van der Waals surface area contributed by atoms with Crippen LogP contribution in [-0.4, -0.2) is 23.5 Å². The standard InChI is InChI=1S/C22H17FN2O3S/c1-14(26)19-4-2-3-5-21(19)29(27,28)18-12-16-8-11-20(25-22(16)24-13-18)15-6-9-17(23)10-7-15/h2-14,26H,1H3/t14-/m0/s1. The lowest BCUT2D eigenvalue weighted by molar-refractivity contribution is 0.196. The van der Waals surface area contributed by atoms with E-state index in [0.29, 0.717) is 22.3 Å². The lowest BCUT2D eigenvalue weighted by atomic mass is 10.1. The molecule has 0 saturated heterocycles. The fourth-order valence-electron chi connectivity index (χ4n) is 3.12. The molecule has 4 aromatic rings. The van der Waals surface area contributed by atoms with Gasteiger partial charge in [0, 0.05) is 17.1 Å². The Hall–Kier alpha value is -3.16. The molecule has 2 aromatic heterocycles. The van der Waals surface area contributed by atoms with Crippen LogP contribution in [0.3, 0.4) is 0 Å². The van der Waals surface area contributed by atoms with Crippen LogP contribution in [0.15, 0.2) is 82.7 Å². The van der Waals surface area contributed by atoms with Crippen LogP contribution in [-0.2, 0) is 9.84 Å². The Morgan fingerprint density at radius 1 is 1.00 bits per heavy atom. The zero-order valence-electron chi connectivity index (χ0n) is 15.4. The molecule has 29 heavy (non-hydrogen) atoms. The molecular formula is C22H17FN2O3S. The van der Waals surface area contributed by atoms with Gasteiger partial charge in [0.2, 0.25) is 9.84 Å². The first-order valence-corrected chi connectivity index (χ1v) is 10.4. The van der Waals surface area contributed by atoms with Gasteiger partial charge in [-0.25, -0.2) is 22.8 Å². The van der Waals surface area contributed by atoms with Gasteiger partial charge in [-0.15, -0.1) is 0 Å². The first kappa shape index (κ1) is 19.2. The second-order valence-electron chi connectivity index (χ2n) is 6.64. The number of benzene rings is 2. The molecule has 0 saturated carbocycles. The third-order valence-corrected chi connectivity index (χ3v) is 6.42. The minimum Gasteiger partial charge on any atom is -0.389 e. The van der Waals surface area contributed by atoms with Gasteiger partial charge < -0.3 is 5.11 Å². The molecule has 7 heteroatoms. The van der Waals surface area contributed by atoms with E-state index in [9.17, 15) is 17.9 Å². The summed E-state index contributed by atoms with van der Waals surface area (Å²) in [4.78, 5) is 8.74.